The van der Waals surface area contributed by atoms with Crippen molar-refractivity contribution in [1.29, 1.82) is 0 Å². The van der Waals surface area contributed by atoms with Crippen LogP contribution in [0.15, 0.2) is 16.3 Å². The fraction of sp³-hybridized carbons (Fsp3) is 0.667. The number of piperidine rings is 1. The molecule has 2 saturated heterocycles. The number of nitrogens with zero attached hydrogens (tertiary/aromatic N) is 1. The molecule has 1 aromatic rings. The van der Waals surface area contributed by atoms with Crippen LogP contribution < -0.4 is 5.32 Å². The summed E-state index contributed by atoms with van der Waals surface area (Å²) in [5, 5.41) is 4.47. The predicted octanol–water partition coefficient (Wildman–Crippen LogP) is 1.83. The summed E-state index contributed by atoms with van der Waals surface area (Å²) in [6.45, 7) is 2.23. The first kappa shape index (κ1) is 16.9. The van der Waals surface area contributed by atoms with E-state index in [1.807, 2.05) is 0 Å². The van der Waals surface area contributed by atoms with Crippen molar-refractivity contribution in [2.75, 3.05) is 26.2 Å². The minimum Gasteiger partial charge on any atom is -0.376 e. The molecule has 1 N–H and O–H groups in total. The molecule has 0 spiro atoms. The molecule has 8 heteroatoms. The molecule has 1 unspecified atom stereocenters. The van der Waals surface area contributed by atoms with E-state index in [1.54, 1.807) is 5.38 Å². The van der Waals surface area contributed by atoms with Crippen LogP contribution in [-0.4, -0.2) is 51.0 Å². The molecule has 128 valence electrons. The summed E-state index contributed by atoms with van der Waals surface area (Å²) in [6.07, 6.45) is 4.80. The molecule has 0 bridgehead atoms. The van der Waals surface area contributed by atoms with Gasteiger partial charge in [0.2, 0.25) is 10.0 Å². The van der Waals surface area contributed by atoms with E-state index in [2.05, 4.69) is 5.32 Å². The maximum atomic E-state index is 12.8. The number of thiophene rings is 1. The molecular formula is C15H22N2O4S2. The van der Waals surface area contributed by atoms with Gasteiger partial charge in [-0.05, 0) is 37.1 Å². The van der Waals surface area contributed by atoms with Crippen molar-refractivity contribution < 1.29 is 17.9 Å². The van der Waals surface area contributed by atoms with E-state index in [0.29, 0.717) is 19.6 Å². The zero-order chi connectivity index (χ0) is 16.3. The second-order valence-corrected chi connectivity index (χ2v) is 8.75. The molecule has 6 nitrogen and oxygen atoms in total. The topological polar surface area (TPSA) is 75.7 Å². The van der Waals surface area contributed by atoms with Gasteiger partial charge in [-0.25, -0.2) is 8.42 Å². The van der Waals surface area contributed by atoms with Gasteiger partial charge in [0.05, 0.1) is 6.10 Å². The van der Waals surface area contributed by atoms with E-state index in [9.17, 15) is 13.2 Å². The highest BCUT2D eigenvalue weighted by Gasteiger charge is 2.31. The first-order valence-electron chi connectivity index (χ1n) is 8.06. The summed E-state index contributed by atoms with van der Waals surface area (Å²) in [5.41, 5.74) is 0. The predicted molar refractivity (Wildman–Crippen MR) is 88.2 cm³/mol. The lowest BCUT2D eigenvalue weighted by atomic mass is 10.2. The van der Waals surface area contributed by atoms with Gasteiger partial charge in [-0.2, -0.15) is 4.31 Å². The number of amides is 1. The zero-order valence-corrected chi connectivity index (χ0v) is 14.6. The highest BCUT2D eigenvalue weighted by atomic mass is 32.2. The lowest BCUT2D eigenvalue weighted by Gasteiger charge is -2.25. The minimum absolute atomic E-state index is 0.0427. The van der Waals surface area contributed by atoms with E-state index < -0.39 is 10.0 Å². The van der Waals surface area contributed by atoms with Crippen LogP contribution in [0.4, 0.5) is 0 Å². The Morgan fingerprint density at radius 2 is 2.09 bits per heavy atom. The highest BCUT2D eigenvalue weighted by Crippen LogP contribution is 2.27. The van der Waals surface area contributed by atoms with E-state index in [0.717, 1.165) is 38.7 Å². The maximum Gasteiger partial charge on any atom is 0.262 e. The molecule has 1 amide bonds. The van der Waals surface area contributed by atoms with Crippen LogP contribution >= 0.6 is 11.3 Å². The van der Waals surface area contributed by atoms with Crippen molar-refractivity contribution in [3.63, 3.8) is 0 Å². The van der Waals surface area contributed by atoms with Gasteiger partial charge in [0.25, 0.3) is 5.91 Å². The van der Waals surface area contributed by atoms with Crippen LogP contribution in [0.2, 0.25) is 0 Å². The molecule has 0 aliphatic carbocycles. The van der Waals surface area contributed by atoms with Gasteiger partial charge in [0, 0.05) is 26.2 Å². The summed E-state index contributed by atoms with van der Waals surface area (Å²) in [4.78, 5) is 12.8. The number of sulfonamides is 1. The number of rotatable bonds is 5. The normalized spacial score (nSPS) is 23.0. The molecular weight excluding hydrogens is 336 g/mol. The minimum atomic E-state index is -3.58. The van der Waals surface area contributed by atoms with Gasteiger partial charge < -0.3 is 10.1 Å². The van der Waals surface area contributed by atoms with Gasteiger partial charge >= 0.3 is 0 Å². The summed E-state index contributed by atoms with van der Waals surface area (Å²) < 4.78 is 32.5. The molecule has 2 aliphatic rings. The van der Waals surface area contributed by atoms with Crippen molar-refractivity contribution in [3.8, 4) is 0 Å². The lowest BCUT2D eigenvalue weighted by molar-refractivity contribution is 0.0858. The molecule has 0 aromatic carbocycles. The Balaban J connectivity index is 1.71. The number of hydrogen-bond donors (Lipinski definition) is 1. The number of carbonyl (C=O) groups is 1. The largest absolute Gasteiger partial charge is 0.376 e. The van der Waals surface area contributed by atoms with E-state index in [-0.39, 0.29) is 21.8 Å². The van der Waals surface area contributed by atoms with Crippen molar-refractivity contribution in [3.05, 3.63) is 16.3 Å². The number of nitrogens with one attached hydrogen (secondary N) is 1. The molecule has 2 aliphatic heterocycles. The smallest absolute Gasteiger partial charge is 0.262 e. The first-order chi connectivity index (χ1) is 11.1. The Labute approximate surface area is 140 Å². The van der Waals surface area contributed by atoms with Gasteiger partial charge in [-0.15, -0.1) is 11.3 Å². The molecule has 3 rings (SSSR count). The van der Waals surface area contributed by atoms with Crippen molar-refractivity contribution in [1.82, 2.24) is 9.62 Å². The molecule has 3 heterocycles. The third-order valence-corrected chi connectivity index (χ3v) is 7.27. The highest BCUT2D eigenvalue weighted by molar-refractivity contribution is 7.89. The van der Waals surface area contributed by atoms with Crippen LogP contribution in [0.3, 0.4) is 0 Å². The van der Waals surface area contributed by atoms with Crippen molar-refractivity contribution in [2.24, 2.45) is 0 Å². The van der Waals surface area contributed by atoms with Crippen LogP contribution in [0.1, 0.15) is 41.8 Å². The molecule has 2 fully saturated rings. The number of ether oxygens (including phenoxy) is 1. The third-order valence-electron chi connectivity index (χ3n) is 4.28. The van der Waals surface area contributed by atoms with Crippen molar-refractivity contribution >= 4 is 27.3 Å². The fourth-order valence-electron chi connectivity index (χ4n) is 3.00. The molecule has 0 radical (unpaired) electrons. The second kappa shape index (κ2) is 7.29. The Bertz CT molecular complexity index is 644. The number of carbonyl (C=O) groups excluding carboxylic acids is 1. The average molecular weight is 358 g/mol. The molecule has 23 heavy (non-hydrogen) atoms. The molecule has 1 aromatic heterocycles. The van der Waals surface area contributed by atoms with Gasteiger partial charge in [0.1, 0.15) is 9.77 Å². The number of hydrogen-bond acceptors (Lipinski definition) is 5. The summed E-state index contributed by atoms with van der Waals surface area (Å²) in [6, 6.07) is 1.54. The summed E-state index contributed by atoms with van der Waals surface area (Å²) in [5.74, 6) is -0.328. The Kier molecular flexibility index (Phi) is 5.35. The quantitative estimate of drug-likeness (QED) is 0.871. The monoisotopic (exact) mass is 358 g/mol. The van der Waals surface area contributed by atoms with Crippen LogP contribution in [0, 0.1) is 0 Å². The first-order valence-corrected chi connectivity index (χ1v) is 10.4. The van der Waals surface area contributed by atoms with Crippen LogP contribution in [-0.2, 0) is 14.8 Å². The van der Waals surface area contributed by atoms with Gasteiger partial charge in [-0.3, -0.25) is 4.79 Å². The lowest BCUT2D eigenvalue weighted by Crippen LogP contribution is -2.37. The Morgan fingerprint density at radius 1 is 1.30 bits per heavy atom. The maximum absolute atomic E-state index is 12.8. The van der Waals surface area contributed by atoms with Crippen molar-refractivity contribution in [2.45, 2.75) is 43.1 Å². The fourth-order valence-corrected chi connectivity index (χ4v) is 5.84. The van der Waals surface area contributed by atoms with E-state index in [4.69, 9.17) is 4.74 Å². The van der Waals surface area contributed by atoms with E-state index in [1.165, 1.54) is 21.7 Å². The standard InChI is InChI=1S/C15H22N2O4S2/c18-15(16-11-12-5-4-9-21-12)14-13(6-10-22-14)23(19,20)17-7-2-1-3-8-17/h6,10,12H,1-5,7-9,11H2,(H,16,18). The van der Waals surface area contributed by atoms with Gasteiger partial charge in [0.15, 0.2) is 0 Å². The molecule has 1 atom stereocenters. The Morgan fingerprint density at radius 3 is 2.78 bits per heavy atom. The summed E-state index contributed by atoms with van der Waals surface area (Å²) in [7, 11) is -3.58. The third kappa shape index (κ3) is 3.76. The zero-order valence-electron chi connectivity index (χ0n) is 13.0. The average Bonchev–Trinajstić information content (AvgIpc) is 3.25. The molecule has 0 saturated carbocycles. The summed E-state index contributed by atoms with van der Waals surface area (Å²) >= 11 is 1.17. The second-order valence-electron chi connectivity index (χ2n) is 5.92. The Hall–Kier alpha value is -0.960. The van der Waals surface area contributed by atoms with Crippen LogP contribution in [0.5, 0.6) is 0 Å². The van der Waals surface area contributed by atoms with Crippen LogP contribution in [0.25, 0.3) is 0 Å². The van der Waals surface area contributed by atoms with Gasteiger partial charge in [-0.1, -0.05) is 6.42 Å². The SMILES string of the molecule is O=C(NCC1CCCO1)c1sccc1S(=O)(=O)N1CCCCC1. The van der Waals surface area contributed by atoms with E-state index >= 15 is 0 Å².